The first-order valence-corrected chi connectivity index (χ1v) is 3.93. The van der Waals surface area contributed by atoms with Crippen molar-refractivity contribution in [2.24, 2.45) is 5.16 Å². The van der Waals surface area contributed by atoms with Crippen molar-refractivity contribution in [3.63, 3.8) is 0 Å². The summed E-state index contributed by atoms with van der Waals surface area (Å²) in [7, 11) is 0. The molecule has 1 heterocycles. The molecule has 3 nitrogen and oxygen atoms in total. The molecule has 0 amide bonds. The molecule has 0 bridgehead atoms. The van der Waals surface area contributed by atoms with Gasteiger partial charge in [0.25, 0.3) is 0 Å². The van der Waals surface area contributed by atoms with Gasteiger partial charge in [-0.2, -0.15) is 0 Å². The van der Waals surface area contributed by atoms with Crippen LogP contribution in [-0.4, -0.2) is 16.4 Å². The first-order valence-electron chi connectivity index (χ1n) is 3.93. The molecule has 0 saturated heterocycles. The van der Waals surface area contributed by atoms with Crippen LogP contribution >= 0.6 is 0 Å². The Balaban J connectivity index is 2.75. The molecule has 0 fully saturated rings. The molecule has 0 aliphatic heterocycles. The zero-order valence-electron chi connectivity index (χ0n) is 6.88. The standard InChI is InChI=1S/C10H8N2O/c13-12-7-8-5-6-11-10-4-2-1-3-9(8)10/h1-7,13H/b12-7+. The van der Waals surface area contributed by atoms with Gasteiger partial charge in [-0.3, -0.25) is 4.98 Å². The van der Waals surface area contributed by atoms with Crippen molar-refractivity contribution in [3.05, 3.63) is 42.1 Å². The normalized spacial score (nSPS) is 11.1. The van der Waals surface area contributed by atoms with Gasteiger partial charge in [-0.15, -0.1) is 0 Å². The third-order valence-corrected chi connectivity index (χ3v) is 1.88. The minimum absolute atomic E-state index is 0.869. The SMILES string of the molecule is O/N=C/c1ccnc2ccccc12. The van der Waals surface area contributed by atoms with Crippen LogP contribution in [0.15, 0.2) is 41.7 Å². The van der Waals surface area contributed by atoms with Gasteiger partial charge in [0, 0.05) is 17.1 Å². The van der Waals surface area contributed by atoms with Crippen molar-refractivity contribution < 1.29 is 5.21 Å². The highest BCUT2D eigenvalue weighted by Gasteiger charge is 1.97. The van der Waals surface area contributed by atoms with Gasteiger partial charge in [0.05, 0.1) is 11.7 Å². The Bertz CT molecular complexity index is 446. The van der Waals surface area contributed by atoms with E-state index in [-0.39, 0.29) is 0 Å². The number of hydrogen-bond donors (Lipinski definition) is 1. The topological polar surface area (TPSA) is 45.5 Å². The van der Waals surface area contributed by atoms with Gasteiger partial charge in [0.1, 0.15) is 0 Å². The summed E-state index contributed by atoms with van der Waals surface area (Å²) in [6.45, 7) is 0. The van der Waals surface area contributed by atoms with Crippen molar-refractivity contribution in [3.8, 4) is 0 Å². The number of oxime groups is 1. The highest BCUT2D eigenvalue weighted by molar-refractivity contribution is 5.97. The summed E-state index contributed by atoms with van der Waals surface area (Å²) in [6, 6.07) is 9.53. The zero-order valence-corrected chi connectivity index (χ0v) is 6.88. The maximum Gasteiger partial charge on any atom is 0.0741 e. The number of nitrogens with zero attached hydrogens (tertiary/aromatic N) is 2. The fourth-order valence-electron chi connectivity index (χ4n) is 1.29. The van der Waals surface area contributed by atoms with E-state index in [9.17, 15) is 0 Å². The Morgan fingerprint density at radius 3 is 2.92 bits per heavy atom. The van der Waals surface area contributed by atoms with E-state index < -0.39 is 0 Å². The highest BCUT2D eigenvalue weighted by atomic mass is 16.4. The molecule has 13 heavy (non-hydrogen) atoms. The smallest absolute Gasteiger partial charge is 0.0741 e. The largest absolute Gasteiger partial charge is 0.411 e. The van der Waals surface area contributed by atoms with E-state index in [0.29, 0.717) is 0 Å². The molecule has 2 rings (SSSR count). The summed E-state index contributed by atoms with van der Waals surface area (Å²) in [6.07, 6.45) is 3.10. The number of hydrogen-bond acceptors (Lipinski definition) is 3. The van der Waals surface area contributed by atoms with E-state index in [1.165, 1.54) is 6.21 Å². The van der Waals surface area contributed by atoms with E-state index in [4.69, 9.17) is 5.21 Å². The van der Waals surface area contributed by atoms with Crippen LogP contribution in [0.5, 0.6) is 0 Å². The predicted octanol–water partition coefficient (Wildman–Crippen LogP) is 2.04. The molecule has 0 aliphatic carbocycles. The molecule has 1 N–H and O–H groups in total. The predicted molar refractivity (Wildman–Crippen MR) is 51.1 cm³/mol. The summed E-state index contributed by atoms with van der Waals surface area (Å²) in [5, 5.41) is 12.4. The number of fused-ring (bicyclic) bond motifs is 1. The van der Waals surface area contributed by atoms with Crippen molar-refractivity contribution in [1.82, 2.24) is 4.98 Å². The van der Waals surface area contributed by atoms with Crippen molar-refractivity contribution in [2.45, 2.75) is 0 Å². The van der Waals surface area contributed by atoms with Crippen LogP contribution in [0.25, 0.3) is 10.9 Å². The van der Waals surface area contributed by atoms with Crippen LogP contribution in [0, 0.1) is 0 Å². The number of benzene rings is 1. The van der Waals surface area contributed by atoms with E-state index in [0.717, 1.165) is 16.5 Å². The lowest BCUT2D eigenvalue weighted by molar-refractivity contribution is 0.322. The number of pyridine rings is 1. The monoisotopic (exact) mass is 172 g/mol. The van der Waals surface area contributed by atoms with Gasteiger partial charge >= 0.3 is 0 Å². The van der Waals surface area contributed by atoms with Crippen LogP contribution in [0.4, 0.5) is 0 Å². The molecule has 3 heteroatoms. The van der Waals surface area contributed by atoms with Crippen LogP contribution in [0.3, 0.4) is 0 Å². The van der Waals surface area contributed by atoms with E-state index in [1.54, 1.807) is 6.20 Å². The maximum atomic E-state index is 8.43. The maximum absolute atomic E-state index is 8.43. The zero-order chi connectivity index (χ0) is 9.10. The van der Waals surface area contributed by atoms with Gasteiger partial charge in [-0.25, -0.2) is 0 Å². The molecule has 0 aliphatic rings. The molecule has 0 atom stereocenters. The highest BCUT2D eigenvalue weighted by Crippen LogP contribution is 2.13. The molecule has 0 saturated carbocycles. The molecule has 0 spiro atoms. The van der Waals surface area contributed by atoms with Gasteiger partial charge in [-0.1, -0.05) is 23.4 Å². The lowest BCUT2D eigenvalue weighted by Gasteiger charge is -1.98. The second kappa shape index (κ2) is 3.23. The number of para-hydroxylation sites is 1. The minimum atomic E-state index is 0.869. The van der Waals surface area contributed by atoms with Crippen LogP contribution in [0.1, 0.15) is 5.56 Å². The molecular weight excluding hydrogens is 164 g/mol. The minimum Gasteiger partial charge on any atom is -0.411 e. The third-order valence-electron chi connectivity index (χ3n) is 1.88. The lowest BCUT2D eigenvalue weighted by Crippen LogP contribution is -1.86. The third kappa shape index (κ3) is 1.36. The molecule has 64 valence electrons. The summed E-state index contributed by atoms with van der Waals surface area (Å²) in [4.78, 5) is 4.18. The Kier molecular flexibility index (Phi) is 1.92. The summed E-state index contributed by atoms with van der Waals surface area (Å²) in [5.74, 6) is 0. The first-order chi connectivity index (χ1) is 6.42. The summed E-state index contributed by atoms with van der Waals surface area (Å²) in [5.41, 5.74) is 1.77. The average Bonchev–Trinajstić information content (AvgIpc) is 2.19. The first kappa shape index (κ1) is 7.73. The van der Waals surface area contributed by atoms with Crippen molar-refractivity contribution >= 4 is 17.1 Å². The Labute approximate surface area is 75.3 Å². The molecule has 0 unspecified atom stereocenters. The van der Waals surface area contributed by atoms with Crippen LogP contribution < -0.4 is 0 Å². The van der Waals surface area contributed by atoms with Crippen molar-refractivity contribution in [1.29, 1.82) is 0 Å². The Morgan fingerprint density at radius 1 is 1.23 bits per heavy atom. The molecule has 1 aromatic heterocycles. The number of aromatic nitrogens is 1. The average molecular weight is 172 g/mol. The quantitative estimate of drug-likeness (QED) is 0.406. The second-order valence-electron chi connectivity index (χ2n) is 2.66. The van der Waals surface area contributed by atoms with Gasteiger partial charge in [-0.05, 0) is 12.1 Å². The second-order valence-corrected chi connectivity index (χ2v) is 2.66. The Hall–Kier alpha value is -1.90. The van der Waals surface area contributed by atoms with E-state index >= 15 is 0 Å². The summed E-state index contributed by atoms with van der Waals surface area (Å²) >= 11 is 0. The fourth-order valence-corrected chi connectivity index (χ4v) is 1.29. The van der Waals surface area contributed by atoms with Gasteiger partial charge < -0.3 is 5.21 Å². The summed E-state index contributed by atoms with van der Waals surface area (Å²) < 4.78 is 0. The molecule has 1 aromatic carbocycles. The van der Waals surface area contributed by atoms with Crippen LogP contribution in [-0.2, 0) is 0 Å². The van der Waals surface area contributed by atoms with Crippen LogP contribution in [0.2, 0.25) is 0 Å². The van der Waals surface area contributed by atoms with Gasteiger partial charge in [0.15, 0.2) is 0 Å². The molecule has 2 aromatic rings. The van der Waals surface area contributed by atoms with E-state index in [1.807, 2.05) is 30.3 Å². The molecule has 0 radical (unpaired) electrons. The lowest BCUT2D eigenvalue weighted by atomic mass is 10.1. The van der Waals surface area contributed by atoms with Gasteiger partial charge in [0.2, 0.25) is 0 Å². The number of rotatable bonds is 1. The van der Waals surface area contributed by atoms with E-state index in [2.05, 4.69) is 10.1 Å². The Morgan fingerprint density at radius 2 is 2.08 bits per heavy atom. The van der Waals surface area contributed by atoms with Crippen molar-refractivity contribution in [2.75, 3.05) is 0 Å². The molecular formula is C10H8N2O. The fraction of sp³-hybridized carbons (Fsp3) is 0.